The van der Waals surface area contributed by atoms with Crippen LogP contribution in [0.3, 0.4) is 0 Å². The average Bonchev–Trinajstić information content (AvgIpc) is 2.78. The number of methoxy groups -OCH3 is 1. The molecule has 0 saturated carbocycles. The maximum absolute atomic E-state index is 12.8. The molecule has 3 aromatic rings. The van der Waals surface area contributed by atoms with Crippen LogP contribution in [0.1, 0.15) is 22.8 Å². The van der Waals surface area contributed by atoms with Crippen LogP contribution in [0.15, 0.2) is 53.3 Å². The van der Waals surface area contributed by atoms with Crippen molar-refractivity contribution < 1.29 is 19.1 Å². The van der Waals surface area contributed by atoms with Gasteiger partial charge in [-0.1, -0.05) is 24.3 Å². The summed E-state index contributed by atoms with van der Waals surface area (Å²) in [5.41, 5.74) is 1.55. The summed E-state index contributed by atoms with van der Waals surface area (Å²) in [6.45, 7) is 2.48. The summed E-state index contributed by atoms with van der Waals surface area (Å²) in [6.07, 6.45) is 0. The number of aromatic nitrogens is 1. The van der Waals surface area contributed by atoms with Crippen molar-refractivity contribution in [2.75, 3.05) is 20.3 Å². The van der Waals surface area contributed by atoms with Crippen LogP contribution in [-0.2, 0) is 18.4 Å². The number of carbonyl (C=O) groups is 2. The van der Waals surface area contributed by atoms with E-state index >= 15 is 0 Å². The number of para-hydroxylation sites is 1. The molecule has 31 heavy (non-hydrogen) atoms. The van der Waals surface area contributed by atoms with E-state index < -0.39 is 0 Å². The van der Waals surface area contributed by atoms with Crippen LogP contribution in [0.25, 0.3) is 10.9 Å². The molecule has 2 aromatic carbocycles. The van der Waals surface area contributed by atoms with Gasteiger partial charge in [0.05, 0.1) is 18.2 Å². The van der Waals surface area contributed by atoms with Crippen LogP contribution in [0.4, 0.5) is 0 Å². The first-order valence-corrected chi connectivity index (χ1v) is 9.88. The number of nitrogens with zero attached hydrogens (tertiary/aromatic N) is 1. The largest absolute Gasteiger partial charge is 0.493 e. The first-order chi connectivity index (χ1) is 14.9. The number of fused-ring (bicyclic) bond motifs is 1. The highest BCUT2D eigenvalue weighted by Crippen LogP contribution is 2.28. The Morgan fingerprint density at radius 3 is 2.55 bits per heavy atom. The van der Waals surface area contributed by atoms with Crippen molar-refractivity contribution in [3.63, 3.8) is 0 Å². The Bertz CT molecular complexity index is 1170. The fourth-order valence-corrected chi connectivity index (χ4v) is 3.21. The quantitative estimate of drug-likeness (QED) is 0.577. The molecule has 0 saturated heterocycles. The van der Waals surface area contributed by atoms with Crippen molar-refractivity contribution in [2.24, 2.45) is 7.05 Å². The second-order valence-electron chi connectivity index (χ2n) is 6.88. The molecular weight excluding hydrogens is 398 g/mol. The summed E-state index contributed by atoms with van der Waals surface area (Å²) in [6, 6.07) is 13.8. The Hall–Kier alpha value is -3.81. The van der Waals surface area contributed by atoms with E-state index in [2.05, 4.69) is 10.6 Å². The molecule has 1 heterocycles. The molecule has 0 spiro atoms. The molecule has 1 aromatic heterocycles. The number of carbonyl (C=O) groups excluding carboxylic acids is 2. The lowest BCUT2D eigenvalue weighted by Crippen LogP contribution is -2.28. The van der Waals surface area contributed by atoms with Crippen LogP contribution in [0.5, 0.6) is 11.5 Å². The van der Waals surface area contributed by atoms with Gasteiger partial charge in [0.2, 0.25) is 0 Å². The zero-order chi connectivity index (χ0) is 22.4. The van der Waals surface area contributed by atoms with Gasteiger partial charge in [0.25, 0.3) is 17.4 Å². The minimum Gasteiger partial charge on any atom is -0.493 e. The normalized spacial score (nSPS) is 10.5. The summed E-state index contributed by atoms with van der Waals surface area (Å²) < 4.78 is 12.4. The molecule has 0 radical (unpaired) electrons. The Labute approximate surface area is 179 Å². The Kier molecular flexibility index (Phi) is 6.92. The van der Waals surface area contributed by atoms with E-state index in [1.807, 2.05) is 25.1 Å². The highest BCUT2D eigenvalue weighted by Gasteiger charge is 2.14. The number of nitrogens with one attached hydrogen (secondary N) is 2. The maximum atomic E-state index is 12.8. The summed E-state index contributed by atoms with van der Waals surface area (Å²) in [5.74, 6) is 0.322. The van der Waals surface area contributed by atoms with Crippen LogP contribution < -0.4 is 25.7 Å². The van der Waals surface area contributed by atoms with E-state index in [0.717, 1.165) is 5.56 Å². The average molecular weight is 423 g/mol. The molecule has 0 aliphatic carbocycles. The predicted molar refractivity (Wildman–Crippen MR) is 118 cm³/mol. The van der Waals surface area contributed by atoms with Gasteiger partial charge in [-0.3, -0.25) is 14.4 Å². The molecule has 3 rings (SSSR count). The number of benzene rings is 2. The molecule has 8 nitrogen and oxygen atoms in total. The Morgan fingerprint density at radius 2 is 1.81 bits per heavy atom. The van der Waals surface area contributed by atoms with E-state index in [1.165, 1.54) is 17.7 Å². The minimum absolute atomic E-state index is 0.115. The minimum atomic E-state index is -0.343. The summed E-state index contributed by atoms with van der Waals surface area (Å²) in [4.78, 5) is 36.6. The van der Waals surface area contributed by atoms with Gasteiger partial charge in [0.1, 0.15) is 0 Å². The fraction of sp³-hybridized carbons (Fsp3) is 0.261. The number of hydrogen-bond donors (Lipinski definition) is 2. The van der Waals surface area contributed by atoms with Crippen LogP contribution >= 0.6 is 0 Å². The Balaban J connectivity index is 1.74. The molecule has 8 heteroatoms. The standard InChI is InChI=1S/C23H25N3O5/c1-4-24-21(27)14-31-19-10-9-15(11-20(19)30-3)13-25-23(29)17-12-22(28)26(2)18-8-6-5-7-16(17)18/h5-12H,4,13-14H2,1-3H3,(H,24,27)(H,25,29). The molecule has 0 aliphatic rings. The van der Waals surface area contributed by atoms with Gasteiger partial charge in [-0.2, -0.15) is 0 Å². The number of likely N-dealkylation sites (N-methyl/N-ethyl adjacent to an activating group) is 1. The van der Waals surface area contributed by atoms with Crippen LogP contribution in [0, 0.1) is 0 Å². The van der Waals surface area contributed by atoms with Crippen LogP contribution in [-0.4, -0.2) is 36.6 Å². The molecule has 0 atom stereocenters. The third kappa shape index (κ3) is 5.03. The molecule has 0 aliphatic heterocycles. The number of ether oxygens (including phenoxy) is 2. The number of hydrogen-bond acceptors (Lipinski definition) is 5. The lowest BCUT2D eigenvalue weighted by Gasteiger charge is -2.13. The summed E-state index contributed by atoms with van der Waals surface area (Å²) in [7, 11) is 3.18. The van der Waals surface area contributed by atoms with Crippen molar-refractivity contribution in [1.82, 2.24) is 15.2 Å². The monoisotopic (exact) mass is 423 g/mol. The van der Waals surface area contributed by atoms with Crippen molar-refractivity contribution >= 4 is 22.7 Å². The van der Waals surface area contributed by atoms with E-state index in [1.54, 1.807) is 31.3 Å². The summed E-state index contributed by atoms with van der Waals surface area (Å²) >= 11 is 0. The molecule has 0 bridgehead atoms. The molecule has 0 fully saturated rings. The van der Waals surface area contributed by atoms with Gasteiger partial charge < -0.3 is 24.7 Å². The number of pyridine rings is 1. The molecule has 162 valence electrons. The maximum Gasteiger partial charge on any atom is 0.257 e. The van der Waals surface area contributed by atoms with Gasteiger partial charge in [0, 0.05) is 31.6 Å². The van der Waals surface area contributed by atoms with E-state index in [9.17, 15) is 14.4 Å². The fourth-order valence-electron chi connectivity index (χ4n) is 3.21. The summed E-state index contributed by atoms with van der Waals surface area (Å²) in [5, 5.41) is 6.20. The van der Waals surface area contributed by atoms with Gasteiger partial charge >= 0.3 is 0 Å². The van der Waals surface area contributed by atoms with E-state index in [0.29, 0.717) is 34.5 Å². The van der Waals surface area contributed by atoms with Crippen molar-refractivity contribution in [3.8, 4) is 11.5 Å². The highest BCUT2D eigenvalue weighted by atomic mass is 16.5. The zero-order valence-corrected chi connectivity index (χ0v) is 17.7. The second kappa shape index (κ2) is 9.80. The van der Waals surface area contributed by atoms with Gasteiger partial charge in [0.15, 0.2) is 18.1 Å². The van der Waals surface area contributed by atoms with Crippen molar-refractivity contribution in [2.45, 2.75) is 13.5 Å². The van der Waals surface area contributed by atoms with Gasteiger partial charge in [-0.15, -0.1) is 0 Å². The SMILES string of the molecule is CCNC(=O)COc1ccc(CNC(=O)c2cc(=O)n(C)c3ccccc23)cc1OC. The van der Waals surface area contributed by atoms with E-state index in [4.69, 9.17) is 9.47 Å². The lowest BCUT2D eigenvalue weighted by molar-refractivity contribution is -0.123. The Morgan fingerprint density at radius 1 is 1.03 bits per heavy atom. The van der Waals surface area contributed by atoms with E-state index in [-0.39, 0.29) is 30.5 Å². The van der Waals surface area contributed by atoms with Crippen molar-refractivity contribution in [3.05, 3.63) is 70.0 Å². The number of amides is 2. The number of rotatable bonds is 8. The van der Waals surface area contributed by atoms with Gasteiger partial charge in [-0.05, 0) is 30.7 Å². The van der Waals surface area contributed by atoms with Crippen molar-refractivity contribution in [1.29, 1.82) is 0 Å². The predicted octanol–water partition coefficient (Wildman–Crippen LogP) is 1.99. The molecular formula is C23H25N3O5. The highest BCUT2D eigenvalue weighted by molar-refractivity contribution is 6.06. The molecule has 0 unspecified atom stereocenters. The number of aryl methyl sites for hydroxylation is 1. The zero-order valence-electron chi connectivity index (χ0n) is 17.7. The third-order valence-electron chi connectivity index (χ3n) is 4.81. The first kappa shape index (κ1) is 21.9. The van der Waals surface area contributed by atoms with Gasteiger partial charge in [-0.25, -0.2) is 0 Å². The third-order valence-corrected chi connectivity index (χ3v) is 4.81. The second-order valence-corrected chi connectivity index (χ2v) is 6.88. The molecule has 2 N–H and O–H groups in total. The molecule has 2 amide bonds. The smallest absolute Gasteiger partial charge is 0.257 e. The lowest BCUT2D eigenvalue weighted by atomic mass is 10.1. The topological polar surface area (TPSA) is 98.7 Å². The van der Waals surface area contributed by atoms with Crippen LogP contribution in [0.2, 0.25) is 0 Å². The first-order valence-electron chi connectivity index (χ1n) is 9.88.